The summed E-state index contributed by atoms with van der Waals surface area (Å²) in [7, 11) is 0. The Morgan fingerprint density at radius 3 is 3.00 bits per heavy atom. The lowest BCUT2D eigenvalue weighted by atomic mass is 10.2. The van der Waals surface area contributed by atoms with Gasteiger partial charge in [0.1, 0.15) is 12.4 Å². The summed E-state index contributed by atoms with van der Waals surface area (Å²) in [6.07, 6.45) is 3.15. The Balaban J connectivity index is 2.58. The summed E-state index contributed by atoms with van der Waals surface area (Å²) in [5.74, 6) is -1.02. The van der Waals surface area contributed by atoms with Crippen LogP contribution in [0.25, 0.3) is 0 Å². The predicted octanol–water partition coefficient (Wildman–Crippen LogP) is -0.569. The second kappa shape index (κ2) is 3.77. The molecule has 5 nitrogen and oxygen atoms in total. The van der Waals surface area contributed by atoms with Crippen molar-refractivity contribution in [2.24, 2.45) is 5.73 Å². The molecule has 0 aromatic carbocycles. The monoisotopic (exact) mass is 167 g/mol. The fourth-order valence-corrected chi connectivity index (χ4v) is 0.751. The van der Waals surface area contributed by atoms with E-state index in [1.54, 1.807) is 12.3 Å². The van der Waals surface area contributed by atoms with Gasteiger partial charge in [-0.15, -0.1) is 0 Å². The van der Waals surface area contributed by atoms with Crippen LogP contribution in [0.15, 0.2) is 18.6 Å². The summed E-state index contributed by atoms with van der Waals surface area (Å²) in [5, 5.41) is 8.47. The number of hydrogen-bond acceptors (Lipinski definition) is 4. The highest BCUT2D eigenvalue weighted by Gasteiger charge is 2.11. The zero-order chi connectivity index (χ0) is 8.97. The van der Waals surface area contributed by atoms with E-state index in [9.17, 15) is 4.79 Å². The molecule has 0 saturated carbocycles. The first kappa shape index (κ1) is 8.61. The smallest absolute Gasteiger partial charge is 0.320 e. The molecule has 1 rings (SSSR count). The Labute approximate surface area is 69.3 Å². The van der Waals surface area contributed by atoms with E-state index in [2.05, 4.69) is 9.97 Å². The predicted molar refractivity (Wildman–Crippen MR) is 41.3 cm³/mol. The van der Waals surface area contributed by atoms with E-state index >= 15 is 0 Å². The van der Waals surface area contributed by atoms with Crippen LogP contribution in [0.4, 0.5) is 0 Å². The lowest BCUT2D eigenvalue weighted by molar-refractivity contribution is -0.138. The molecule has 0 aliphatic rings. The van der Waals surface area contributed by atoms with Gasteiger partial charge in [-0.1, -0.05) is 0 Å². The maximum absolute atomic E-state index is 10.3. The fourth-order valence-electron chi connectivity index (χ4n) is 0.751. The molecule has 1 heterocycles. The van der Waals surface area contributed by atoms with Crippen molar-refractivity contribution in [3.63, 3.8) is 0 Å². The van der Waals surface area contributed by atoms with E-state index in [-0.39, 0.29) is 6.42 Å². The zero-order valence-electron chi connectivity index (χ0n) is 6.34. The quantitative estimate of drug-likeness (QED) is 0.629. The molecule has 3 N–H and O–H groups in total. The normalized spacial score (nSPS) is 12.4. The average Bonchev–Trinajstić information content (AvgIpc) is 2.06. The Bertz CT molecular complexity index is 263. The maximum Gasteiger partial charge on any atom is 0.320 e. The van der Waals surface area contributed by atoms with Gasteiger partial charge in [0.25, 0.3) is 0 Å². The molecule has 0 bridgehead atoms. The number of hydrogen-bond donors (Lipinski definition) is 2. The van der Waals surface area contributed by atoms with Gasteiger partial charge in [0.15, 0.2) is 0 Å². The summed E-state index contributed by atoms with van der Waals surface area (Å²) < 4.78 is 0. The van der Waals surface area contributed by atoms with Crippen LogP contribution in [-0.4, -0.2) is 27.1 Å². The van der Waals surface area contributed by atoms with Crippen LogP contribution < -0.4 is 5.73 Å². The lowest BCUT2D eigenvalue weighted by Crippen LogP contribution is -2.32. The molecule has 12 heavy (non-hydrogen) atoms. The third-order valence-corrected chi connectivity index (χ3v) is 1.39. The summed E-state index contributed by atoms with van der Waals surface area (Å²) in [5.41, 5.74) is 5.93. The molecule has 0 aliphatic heterocycles. The molecule has 0 radical (unpaired) electrons. The standard InChI is InChI=1S/C7H9N3O2/c8-6(7(11)12)3-5-1-2-9-4-10-5/h1-2,4,6H,3,8H2,(H,11,12)/t6-/m0/s1. The number of aliphatic carboxylic acids is 1. The number of rotatable bonds is 3. The van der Waals surface area contributed by atoms with Gasteiger partial charge in [-0.3, -0.25) is 4.79 Å². The van der Waals surface area contributed by atoms with E-state index in [0.717, 1.165) is 0 Å². The Hall–Kier alpha value is -1.49. The first-order valence-corrected chi connectivity index (χ1v) is 3.43. The number of nitrogens with zero attached hydrogens (tertiary/aromatic N) is 2. The Morgan fingerprint density at radius 1 is 1.75 bits per heavy atom. The molecule has 1 atom stereocenters. The molecule has 1 aromatic rings. The first-order chi connectivity index (χ1) is 5.70. The van der Waals surface area contributed by atoms with Gasteiger partial charge in [-0.2, -0.15) is 0 Å². The Morgan fingerprint density at radius 2 is 2.50 bits per heavy atom. The molecule has 5 heteroatoms. The summed E-state index contributed by atoms with van der Waals surface area (Å²) in [6.45, 7) is 0. The van der Waals surface area contributed by atoms with E-state index in [4.69, 9.17) is 10.8 Å². The van der Waals surface area contributed by atoms with Crippen molar-refractivity contribution in [2.75, 3.05) is 0 Å². The van der Waals surface area contributed by atoms with E-state index in [0.29, 0.717) is 5.69 Å². The minimum Gasteiger partial charge on any atom is -0.480 e. The van der Waals surface area contributed by atoms with Crippen LogP contribution in [-0.2, 0) is 11.2 Å². The topological polar surface area (TPSA) is 89.1 Å². The molecule has 0 amide bonds. The van der Waals surface area contributed by atoms with E-state index in [1.165, 1.54) is 6.33 Å². The van der Waals surface area contributed by atoms with Crippen LogP contribution in [0.1, 0.15) is 5.69 Å². The van der Waals surface area contributed by atoms with Gasteiger partial charge in [0.2, 0.25) is 0 Å². The highest BCUT2D eigenvalue weighted by Crippen LogP contribution is 1.95. The second-order valence-electron chi connectivity index (χ2n) is 2.35. The summed E-state index contributed by atoms with van der Waals surface area (Å²) in [4.78, 5) is 17.9. The van der Waals surface area contributed by atoms with Crippen molar-refractivity contribution in [3.05, 3.63) is 24.3 Å². The SMILES string of the molecule is N[C@@H](Cc1ccncn1)C(=O)O. The largest absolute Gasteiger partial charge is 0.480 e. The van der Waals surface area contributed by atoms with Gasteiger partial charge in [0.05, 0.1) is 0 Å². The third-order valence-electron chi connectivity index (χ3n) is 1.39. The lowest BCUT2D eigenvalue weighted by Gasteiger charge is -2.03. The van der Waals surface area contributed by atoms with Gasteiger partial charge < -0.3 is 10.8 Å². The van der Waals surface area contributed by atoms with E-state index in [1.807, 2.05) is 0 Å². The van der Waals surface area contributed by atoms with Gasteiger partial charge in [-0.25, -0.2) is 9.97 Å². The molecule has 0 aliphatic carbocycles. The third kappa shape index (κ3) is 2.28. The number of nitrogens with two attached hydrogens (primary N) is 1. The molecule has 1 aromatic heterocycles. The van der Waals surface area contributed by atoms with Gasteiger partial charge >= 0.3 is 5.97 Å². The van der Waals surface area contributed by atoms with Crippen LogP contribution in [0.5, 0.6) is 0 Å². The summed E-state index contributed by atoms with van der Waals surface area (Å²) in [6, 6.07) is 0.753. The average molecular weight is 167 g/mol. The van der Waals surface area contributed by atoms with Crippen molar-refractivity contribution < 1.29 is 9.90 Å². The highest BCUT2D eigenvalue weighted by molar-refractivity contribution is 5.73. The molecule has 0 unspecified atom stereocenters. The molecule has 0 spiro atoms. The number of carbonyl (C=O) groups is 1. The van der Waals surface area contributed by atoms with Crippen LogP contribution in [0, 0.1) is 0 Å². The van der Waals surface area contributed by atoms with Gasteiger partial charge in [0, 0.05) is 18.3 Å². The molecule has 0 fully saturated rings. The van der Waals surface area contributed by atoms with E-state index < -0.39 is 12.0 Å². The number of carboxylic acid groups (broad SMARTS) is 1. The first-order valence-electron chi connectivity index (χ1n) is 3.43. The molecular formula is C7H9N3O2. The van der Waals surface area contributed by atoms with Crippen LogP contribution in [0.2, 0.25) is 0 Å². The summed E-state index contributed by atoms with van der Waals surface area (Å²) >= 11 is 0. The van der Waals surface area contributed by atoms with Gasteiger partial charge in [-0.05, 0) is 6.07 Å². The van der Waals surface area contributed by atoms with Crippen molar-refractivity contribution in [3.8, 4) is 0 Å². The molecule has 0 saturated heterocycles. The van der Waals surface area contributed by atoms with Crippen molar-refractivity contribution in [1.82, 2.24) is 9.97 Å². The molecule has 64 valence electrons. The zero-order valence-corrected chi connectivity index (χ0v) is 6.34. The van der Waals surface area contributed by atoms with Crippen molar-refractivity contribution >= 4 is 5.97 Å². The fraction of sp³-hybridized carbons (Fsp3) is 0.286. The number of aromatic nitrogens is 2. The number of carboxylic acids is 1. The maximum atomic E-state index is 10.3. The van der Waals surface area contributed by atoms with Crippen LogP contribution in [0.3, 0.4) is 0 Å². The minimum absolute atomic E-state index is 0.234. The van der Waals surface area contributed by atoms with Crippen LogP contribution >= 0.6 is 0 Å². The highest BCUT2D eigenvalue weighted by atomic mass is 16.4. The van der Waals surface area contributed by atoms with Crippen molar-refractivity contribution in [1.29, 1.82) is 0 Å². The minimum atomic E-state index is -1.02. The molecular weight excluding hydrogens is 158 g/mol. The second-order valence-corrected chi connectivity index (χ2v) is 2.35. The Kier molecular flexibility index (Phi) is 2.71. The van der Waals surface area contributed by atoms with Crippen molar-refractivity contribution in [2.45, 2.75) is 12.5 Å².